The number of amides is 1. The first-order valence-electron chi connectivity index (χ1n) is 9.69. The number of carbonyl (C=O) groups is 1. The van der Waals surface area contributed by atoms with E-state index in [1.54, 1.807) is 7.11 Å². The third-order valence-electron chi connectivity index (χ3n) is 4.88. The molecule has 0 unspecified atom stereocenters. The van der Waals surface area contributed by atoms with Gasteiger partial charge in [-0.3, -0.25) is 4.79 Å². The molecule has 2 aromatic carbocycles. The first-order valence-corrected chi connectivity index (χ1v) is 10.1. The van der Waals surface area contributed by atoms with Gasteiger partial charge in [0.2, 0.25) is 5.91 Å². The number of nitrogens with one attached hydrogen (secondary N) is 1. The molecular formula is C22H28Cl2N2O3. The monoisotopic (exact) mass is 438 g/mol. The van der Waals surface area contributed by atoms with Crippen molar-refractivity contribution in [3.63, 3.8) is 0 Å². The fourth-order valence-corrected chi connectivity index (χ4v) is 3.54. The van der Waals surface area contributed by atoms with Crippen LogP contribution >= 0.6 is 24.0 Å². The Balaban J connectivity index is 0.00000300. The molecule has 5 nitrogen and oxygen atoms in total. The van der Waals surface area contributed by atoms with E-state index in [2.05, 4.69) is 5.32 Å². The van der Waals surface area contributed by atoms with E-state index in [4.69, 9.17) is 21.1 Å². The molecule has 1 amide bonds. The number of para-hydroxylation sites is 1. The number of hydrogen-bond donors (Lipinski definition) is 1. The van der Waals surface area contributed by atoms with Crippen LogP contribution in [0.25, 0.3) is 0 Å². The third kappa shape index (κ3) is 6.53. The molecule has 0 aliphatic carbocycles. The molecule has 1 fully saturated rings. The summed E-state index contributed by atoms with van der Waals surface area (Å²) in [6, 6.07) is 13.5. The quantitative estimate of drug-likeness (QED) is 0.556. The van der Waals surface area contributed by atoms with Crippen molar-refractivity contribution >= 4 is 29.9 Å². The van der Waals surface area contributed by atoms with Gasteiger partial charge in [-0.15, -0.1) is 12.4 Å². The molecule has 7 heteroatoms. The molecule has 1 heterocycles. The van der Waals surface area contributed by atoms with Crippen LogP contribution in [0.2, 0.25) is 5.02 Å². The second kappa shape index (κ2) is 11.9. The molecule has 0 atom stereocenters. The Kier molecular flexibility index (Phi) is 9.58. The lowest BCUT2D eigenvalue weighted by atomic mass is 10.1. The van der Waals surface area contributed by atoms with Crippen LogP contribution in [0.1, 0.15) is 30.4 Å². The Bertz CT molecular complexity index is 801. The lowest BCUT2D eigenvalue weighted by Crippen LogP contribution is -2.28. The molecule has 0 spiro atoms. The third-order valence-corrected chi connectivity index (χ3v) is 5.25. The zero-order valence-electron chi connectivity index (χ0n) is 16.7. The average Bonchev–Trinajstić information content (AvgIpc) is 3.12. The van der Waals surface area contributed by atoms with Crippen LogP contribution in [-0.4, -0.2) is 37.6 Å². The smallest absolute Gasteiger partial charge is 0.222 e. The minimum absolute atomic E-state index is 0. The predicted molar refractivity (Wildman–Crippen MR) is 118 cm³/mol. The van der Waals surface area contributed by atoms with Gasteiger partial charge in [-0.05, 0) is 31.5 Å². The molecule has 29 heavy (non-hydrogen) atoms. The lowest BCUT2D eigenvalue weighted by Gasteiger charge is -2.17. The fourth-order valence-electron chi connectivity index (χ4n) is 3.35. The Morgan fingerprint density at radius 2 is 1.93 bits per heavy atom. The molecule has 0 aromatic heterocycles. The summed E-state index contributed by atoms with van der Waals surface area (Å²) in [5, 5.41) is 4.13. The van der Waals surface area contributed by atoms with Crippen molar-refractivity contribution in [2.75, 3.05) is 26.7 Å². The second-order valence-electron chi connectivity index (χ2n) is 6.84. The number of hydrogen-bond acceptors (Lipinski definition) is 4. The molecule has 158 valence electrons. The Morgan fingerprint density at radius 3 is 2.66 bits per heavy atom. The first-order chi connectivity index (χ1) is 13.7. The molecule has 0 radical (unpaired) electrons. The summed E-state index contributed by atoms with van der Waals surface area (Å²) in [6.45, 7) is 3.60. The van der Waals surface area contributed by atoms with Crippen LogP contribution in [0.4, 0.5) is 0 Å². The highest BCUT2D eigenvalue weighted by molar-refractivity contribution is 6.31. The van der Waals surface area contributed by atoms with Gasteiger partial charge in [-0.2, -0.15) is 0 Å². The largest absolute Gasteiger partial charge is 0.493 e. The van der Waals surface area contributed by atoms with Crippen LogP contribution in [-0.2, 0) is 17.9 Å². The summed E-state index contributed by atoms with van der Waals surface area (Å²) in [6.07, 6.45) is 2.62. The summed E-state index contributed by atoms with van der Waals surface area (Å²) >= 11 is 6.23. The van der Waals surface area contributed by atoms with Gasteiger partial charge in [-0.1, -0.05) is 41.9 Å². The van der Waals surface area contributed by atoms with E-state index >= 15 is 0 Å². The average molecular weight is 439 g/mol. The van der Waals surface area contributed by atoms with Crippen molar-refractivity contribution in [1.29, 1.82) is 0 Å². The summed E-state index contributed by atoms with van der Waals surface area (Å²) in [5.41, 5.74) is 1.97. The van der Waals surface area contributed by atoms with E-state index in [0.29, 0.717) is 30.3 Å². The lowest BCUT2D eigenvalue weighted by molar-refractivity contribution is -0.127. The summed E-state index contributed by atoms with van der Waals surface area (Å²) in [7, 11) is 1.64. The highest BCUT2D eigenvalue weighted by Gasteiger charge is 2.19. The summed E-state index contributed by atoms with van der Waals surface area (Å²) < 4.78 is 11.6. The number of benzene rings is 2. The van der Waals surface area contributed by atoms with Crippen molar-refractivity contribution in [2.24, 2.45) is 0 Å². The van der Waals surface area contributed by atoms with Gasteiger partial charge < -0.3 is 19.7 Å². The van der Waals surface area contributed by atoms with Crippen LogP contribution in [0.15, 0.2) is 42.5 Å². The van der Waals surface area contributed by atoms with Crippen LogP contribution in [0.3, 0.4) is 0 Å². The van der Waals surface area contributed by atoms with Gasteiger partial charge >= 0.3 is 0 Å². The standard InChI is InChI=1S/C22H27ClN2O3.ClH/c1-27-20-10-4-8-17(15-24-12-6-14-25-13-5-11-21(25)26)22(20)28-16-18-7-2-3-9-19(18)23;/h2-4,7-10,24H,5-6,11-16H2,1H3;1H. The van der Waals surface area contributed by atoms with Gasteiger partial charge in [0.1, 0.15) is 6.61 Å². The molecular weight excluding hydrogens is 411 g/mol. The molecule has 0 saturated carbocycles. The van der Waals surface area contributed by atoms with E-state index in [1.807, 2.05) is 47.4 Å². The predicted octanol–water partition coefficient (Wildman–Crippen LogP) is 4.45. The van der Waals surface area contributed by atoms with Gasteiger partial charge in [0.05, 0.1) is 7.11 Å². The number of halogens is 2. The maximum atomic E-state index is 11.7. The Hall–Kier alpha value is -1.95. The number of ether oxygens (including phenoxy) is 2. The van der Waals surface area contributed by atoms with Crippen molar-refractivity contribution in [2.45, 2.75) is 32.4 Å². The van der Waals surface area contributed by atoms with Gasteiger partial charge in [0.25, 0.3) is 0 Å². The SMILES string of the molecule is COc1cccc(CNCCCN2CCCC2=O)c1OCc1ccccc1Cl.Cl. The zero-order chi connectivity index (χ0) is 19.8. The minimum Gasteiger partial charge on any atom is -0.493 e. The normalized spacial score (nSPS) is 13.3. The van der Waals surface area contributed by atoms with Crippen LogP contribution < -0.4 is 14.8 Å². The van der Waals surface area contributed by atoms with E-state index < -0.39 is 0 Å². The van der Waals surface area contributed by atoms with Crippen molar-refractivity contribution in [1.82, 2.24) is 10.2 Å². The van der Waals surface area contributed by atoms with E-state index in [9.17, 15) is 4.79 Å². The maximum Gasteiger partial charge on any atom is 0.222 e. The number of rotatable bonds is 10. The fraction of sp³-hybridized carbons (Fsp3) is 0.409. The maximum absolute atomic E-state index is 11.7. The van der Waals surface area contributed by atoms with Crippen LogP contribution in [0, 0.1) is 0 Å². The number of nitrogens with zero attached hydrogens (tertiary/aromatic N) is 1. The molecule has 0 bridgehead atoms. The molecule has 1 aliphatic rings. The van der Waals surface area contributed by atoms with E-state index in [0.717, 1.165) is 49.4 Å². The van der Waals surface area contributed by atoms with Gasteiger partial charge in [0.15, 0.2) is 11.5 Å². The number of likely N-dealkylation sites (tertiary alicyclic amines) is 1. The number of methoxy groups -OCH3 is 1. The highest BCUT2D eigenvalue weighted by Crippen LogP contribution is 2.32. The highest BCUT2D eigenvalue weighted by atomic mass is 35.5. The van der Waals surface area contributed by atoms with Crippen molar-refractivity contribution < 1.29 is 14.3 Å². The van der Waals surface area contributed by atoms with Gasteiger partial charge in [-0.25, -0.2) is 0 Å². The summed E-state index contributed by atoms with van der Waals surface area (Å²) in [5.74, 6) is 1.71. The second-order valence-corrected chi connectivity index (χ2v) is 7.25. The number of carbonyl (C=O) groups excluding carboxylic acids is 1. The molecule has 2 aromatic rings. The minimum atomic E-state index is 0. The Morgan fingerprint density at radius 1 is 1.14 bits per heavy atom. The molecule has 1 saturated heterocycles. The topological polar surface area (TPSA) is 50.8 Å². The van der Waals surface area contributed by atoms with E-state index in [1.165, 1.54) is 0 Å². The first kappa shape index (κ1) is 23.3. The van der Waals surface area contributed by atoms with E-state index in [-0.39, 0.29) is 18.3 Å². The molecule has 3 rings (SSSR count). The van der Waals surface area contributed by atoms with Crippen LogP contribution in [0.5, 0.6) is 11.5 Å². The van der Waals surface area contributed by atoms with Gasteiger partial charge in [0, 0.05) is 42.2 Å². The molecule has 1 aliphatic heterocycles. The zero-order valence-corrected chi connectivity index (χ0v) is 18.2. The van der Waals surface area contributed by atoms with Crippen molar-refractivity contribution in [3.05, 3.63) is 58.6 Å². The summed E-state index contributed by atoms with van der Waals surface area (Å²) in [4.78, 5) is 13.6. The van der Waals surface area contributed by atoms with Crippen molar-refractivity contribution in [3.8, 4) is 11.5 Å². The molecule has 1 N–H and O–H groups in total. The Labute approximate surface area is 183 Å².